The number of aliphatic carboxylic acids is 1. The van der Waals surface area contributed by atoms with Crippen LogP contribution in [0, 0.1) is 5.41 Å². The number of ketones is 1. The van der Waals surface area contributed by atoms with Gasteiger partial charge in [-0.25, -0.2) is 0 Å². The SMILES string of the molecule is O=C(O)C1(C(=O)c2ccc3c(c2)CCCC3)CC1. The van der Waals surface area contributed by atoms with Crippen LogP contribution in [-0.2, 0) is 17.6 Å². The Morgan fingerprint density at radius 2 is 1.72 bits per heavy atom. The molecule has 3 heteroatoms. The maximum atomic E-state index is 12.3. The highest BCUT2D eigenvalue weighted by molar-refractivity contribution is 6.14. The molecule has 0 saturated heterocycles. The Morgan fingerprint density at radius 3 is 2.33 bits per heavy atom. The van der Waals surface area contributed by atoms with E-state index in [1.54, 1.807) is 6.07 Å². The highest BCUT2D eigenvalue weighted by Crippen LogP contribution is 2.48. The Labute approximate surface area is 106 Å². The lowest BCUT2D eigenvalue weighted by Crippen LogP contribution is -2.25. The number of rotatable bonds is 3. The maximum Gasteiger partial charge on any atom is 0.317 e. The van der Waals surface area contributed by atoms with Crippen LogP contribution in [0.3, 0.4) is 0 Å². The van der Waals surface area contributed by atoms with E-state index in [0.717, 1.165) is 19.3 Å². The fourth-order valence-electron chi connectivity index (χ4n) is 2.81. The molecule has 0 atom stereocenters. The Kier molecular flexibility index (Phi) is 2.51. The summed E-state index contributed by atoms with van der Waals surface area (Å²) in [5.41, 5.74) is 2.02. The van der Waals surface area contributed by atoms with Crippen LogP contribution < -0.4 is 0 Å². The smallest absolute Gasteiger partial charge is 0.317 e. The zero-order valence-corrected chi connectivity index (χ0v) is 10.2. The number of benzene rings is 1. The van der Waals surface area contributed by atoms with E-state index in [2.05, 4.69) is 0 Å². The first-order chi connectivity index (χ1) is 8.63. The lowest BCUT2D eigenvalue weighted by atomic mass is 9.87. The van der Waals surface area contributed by atoms with Crippen LogP contribution in [-0.4, -0.2) is 16.9 Å². The van der Waals surface area contributed by atoms with E-state index in [9.17, 15) is 9.59 Å². The minimum atomic E-state index is -1.11. The normalized spacial score (nSPS) is 20.0. The van der Waals surface area contributed by atoms with Crippen LogP contribution in [0.2, 0.25) is 0 Å². The largest absolute Gasteiger partial charge is 0.480 e. The summed E-state index contributed by atoms with van der Waals surface area (Å²) < 4.78 is 0. The molecule has 0 radical (unpaired) electrons. The van der Waals surface area contributed by atoms with Crippen molar-refractivity contribution >= 4 is 11.8 Å². The standard InChI is InChI=1S/C15H16O3/c16-13(15(7-8-15)14(17)18)12-6-5-10-3-1-2-4-11(10)9-12/h5-6,9H,1-4,7-8H2,(H,17,18). The van der Waals surface area contributed by atoms with Gasteiger partial charge in [-0.3, -0.25) is 9.59 Å². The number of fused-ring (bicyclic) bond motifs is 1. The molecule has 0 aliphatic heterocycles. The molecule has 0 aromatic heterocycles. The van der Waals surface area contributed by atoms with Crippen LogP contribution in [0.25, 0.3) is 0 Å². The lowest BCUT2D eigenvalue weighted by Gasteiger charge is -2.17. The van der Waals surface area contributed by atoms with Gasteiger partial charge in [0.15, 0.2) is 5.78 Å². The summed E-state index contributed by atoms with van der Waals surface area (Å²) in [6.07, 6.45) is 5.43. The number of aryl methyl sites for hydroxylation is 2. The molecule has 94 valence electrons. The molecule has 1 fully saturated rings. The second-order valence-electron chi connectivity index (χ2n) is 5.41. The van der Waals surface area contributed by atoms with Gasteiger partial charge in [-0.2, -0.15) is 0 Å². The van der Waals surface area contributed by atoms with Crippen molar-refractivity contribution in [3.8, 4) is 0 Å². The van der Waals surface area contributed by atoms with E-state index < -0.39 is 11.4 Å². The van der Waals surface area contributed by atoms with Gasteiger partial charge in [0, 0.05) is 5.56 Å². The molecule has 1 N–H and O–H groups in total. The number of carboxylic acids is 1. The highest BCUT2D eigenvalue weighted by Gasteiger charge is 2.56. The van der Waals surface area contributed by atoms with Gasteiger partial charge >= 0.3 is 5.97 Å². The van der Waals surface area contributed by atoms with Crippen LogP contribution in [0.5, 0.6) is 0 Å². The minimum Gasteiger partial charge on any atom is -0.480 e. The van der Waals surface area contributed by atoms with Crippen molar-refractivity contribution in [1.29, 1.82) is 0 Å². The molecule has 2 aliphatic carbocycles. The second kappa shape index (κ2) is 3.94. The molecule has 3 rings (SSSR count). The molecule has 2 aliphatic rings. The van der Waals surface area contributed by atoms with Crippen molar-refractivity contribution in [1.82, 2.24) is 0 Å². The predicted octanol–water partition coefficient (Wildman–Crippen LogP) is 2.61. The first kappa shape index (κ1) is 11.5. The summed E-state index contributed by atoms with van der Waals surface area (Å²) in [5, 5.41) is 9.15. The Hall–Kier alpha value is -1.64. The molecule has 18 heavy (non-hydrogen) atoms. The maximum absolute atomic E-state index is 12.3. The Bertz CT molecular complexity index is 527. The Morgan fingerprint density at radius 1 is 1.06 bits per heavy atom. The van der Waals surface area contributed by atoms with Crippen LogP contribution in [0.4, 0.5) is 0 Å². The average molecular weight is 244 g/mol. The Balaban J connectivity index is 1.93. The molecule has 0 spiro atoms. The highest BCUT2D eigenvalue weighted by atomic mass is 16.4. The molecule has 1 aromatic carbocycles. The first-order valence-corrected chi connectivity index (χ1v) is 6.53. The zero-order valence-electron chi connectivity index (χ0n) is 10.2. The molecule has 3 nitrogen and oxygen atoms in total. The van der Waals surface area contributed by atoms with Gasteiger partial charge in [0.1, 0.15) is 5.41 Å². The van der Waals surface area contributed by atoms with E-state index in [1.165, 1.54) is 17.5 Å². The third-order valence-electron chi connectivity index (χ3n) is 4.20. The third kappa shape index (κ3) is 1.65. The number of hydrogen-bond acceptors (Lipinski definition) is 2. The molecular formula is C15H16O3. The first-order valence-electron chi connectivity index (χ1n) is 6.53. The minimum absolute atomic E-state index is 0.205. The molecule has 0 unspecified atom stereocenters. The fraction of sp³-hybridized carbons (Fsp3) is 0.467. The van der Waals surface area contributed by atoms with E-state index in [1.807, 2.05) is 12.1 Å². The van der Waals surface area contributed by atoms with Crippen LogP contribution in [0.15, 0.2) is 18.2 Å². The summed E-state index contributed by atoms with van der Waals surface area (Å²) in [5.74, 6) is -1.17. The number of carboxylic acid groups (broad SMARTS) is 1. The molecule has 0 heterocycles. The number of carbonyl (C=O) groups is 2. The monoisotopic (exact) mass is 244 g/mol. The summed E-state index contributed by atoms with van der Waals surface area (Å²) in [4.78, 5) is 23.4. The molecule has 1 aromatic rings. The van der Waals surface area contributed by atoms with Gasteiger partial charge in [-0.1, -0.05) is 12.1 Å². The molecular weight excluding hydrogens is 228 g/mol. The van der Waals surface area contributed by atoms with Gasteiger partial charge < -0.3 is 5.11 Å². The zero-order chi connectivity index (χ0) is 12.8. The van der Waals surface area contributed by atoms with Crippen LogP contribution in [0.1, 0.15) is 47.2 Å². The third-order valence-corrected chi connectivity index (χ3v) is 4.20. The van der Waals surface area contributed by atoms with Gasteiger partial charge in [0.25, 0.3) is 0 Å². The van der Waals surface area contributed by atoms with Gasteiger partial charge in [0.2, 0.25) is 0 Å². The van der Waals surface area contributed by atoms with Crippen molar-refractivity contribution in [2.24, 2.45) is 5.41 Å². The average Bonchev–Trinajstić information content (AvgIpc) is 3.19. The van der Waals surface area contributed by atoms with Gasteiger partial charge in [-0.15, -0.1) is 0 Å². The molecule has 0 amide bonds. The van der Waals surface area contributed by atoms with Crippen molar-refractivity contribution in [2.75, 3.05) is 0 Å². The number of hydrogen-bond donors (Lipinski definition) is 1. The van der Waals surface area contributed by atoms with Crippen molar-refractivity contribution in [3.05, 3.63) is 34.9 Å². The number of Topliss-reactive ketones (excluding diaryl/α,β-unsaturated/α-hetero) is 1. The fourth-order valence-corrected chi connectivity index (χ4v) is 2.81. The van der Waals surface area contributed by atoms with Crippen molar-refractivity contribution < 1.29 is 14.7 Å². The van der Waals surface area contributed by atoms with E-state index in [4.69, 9.17) is 5.11 Å². The van der Waals surface area contributed by atoms with E-state index >= 15 is 0 Å². The summed E-state index contributed by atoms with van der Waals surface area (Å²) in [7, 11) is 0. The summed E-state index contributed by atoms with van der Waals surface area (Å²) in [6, 6.07) is 5.72. The second-order valence-corrected chi connectivity index (χ2v) is 5.41. The van der Waals surface area contributed by atoms with Crippen molar-refractivity contribution in [3.63, 3.8) is 0 Å². The number of carbonyl (C=O) groups excluding carboxylic acids is 1. The van der Waals surface area contributed by atoms with Crippen molar-refractivity contribution in [2.45, 2.75) is 38.5 Å². The van der Waals surface area contributed by atoms with Gasteiger partial charge in [-0.05, 0) is 55.7 Å². The molecule has 1 saturated carbocycles. The summed E-state index contributed by atoms with van der Waals surface area (Å²) in [6.45, 7) is 0. The van der Waals surface area contributed by atoms with E-state index in [-0.39, 0.29) is 5.78 Å². The summed E-state index contributed by atoms with van der Waals surface area (Å²) >= 11 is 0. The van der Waals surface area contributed by atoms with E-state index in [0.29, 0.717) is 18.4 Å². The topological polar surface area (TPSA) is 54.4 Å². The van der Waals surface area contributed by atoms with Gasteiger partial charge in [0.05, 0.1) is 0 Å². The predicted molar refractivity (Wildman–Crippen MR) is 66.7 cm³/mol. The molecule has 0 bridgehead atoms. The lowest BCUT2D eigenvalue weighted by molar-refractivity contribution is -0.141. The van der Waals surface area contributed by atoms with Crippen LogP contribution >= 0.6 is 0 Å². The quantitative estimate of drug-likeness (QED) is 0.657.